The lowest BCUT2D eigenvalue weighted by Gasteiger charge is -2.25. The van der Waals surface area contributed by atoms with E-state index in [-0.39, 0.29) is 11.8 Å². The van der Waals surface area contributed by atoms with Gasteiger partial charge in [0, 0.05) is 31.7 Å². The van der Waals surface area contributed by atoms with Gasteiger partial charge in [-0.2, -0.15) is 18.2 Å². The largest absolute Gasteiger partial charge is 0.421 e. The van der Waals surface area contributed by atoms with E-state index in [1.807, 2.05) is 48.5 Å². The summed E-state index contributed by atoms with van der Waals surface area (Å²) >= 11 is 0. The van der Waals surface area contributed by atoms with Crippen LogP contribution in [0.3, 0.4) is 0 Å². The molecule has 0 aliphatic rings. The maximum absolute atomic E-state index is 13.7. The average molecular weight is 443 g/mol. The summed E-state index contributed by atoms with van der Waals surface area (Å²) in [4.78, 5) is 11.5. The number of hydrogen-bond acceptors (Lipinski definition) is 4. The fraction of sp³-hybridized carbons (Fsp3) is 0.360. The minimum atomic E-state index is -4.57. The summed E-state index contributed by atoms with van der Waals surface area (Å²) in [5.74, 6) is 0.400. The highest BCUT2D eigenvalue weighted by atomic mass is 19.4. The van der Waals surface area contributed by atoms with Gasteiger partial charge in [-0.15, -0.1) is 0 Å². The van der Waals surface area contributed by atoms with Gasteiger partial charge in [0.15, 0.2) is 5.82 Å². The Hall–Kier alpha value is -3.09. The Kier molecular flexibility index (Phi) is 7.06. The van der Waals surface area contributed by atoms with Gasteiger partial charge >= 0.3 is 6.18 Å². The highest BCUT2D eigenvalue weighted by Gasteiger charge is 2.37. The quantitative estimate of drug-likeness (QED) is 0.390. The summed E-state index contributed by atoms with van der Waals surface area (Å²) in [6.45, 7) is 6.30. The topological polar surface area (TPSA) is 32.3 Å². The molecule has 1 aromatic heterocycles. The smallest absolute Gasteiger partial charge is 0.329 e. The van der Waals surface area contributed by atoms with Crippen molar-refractivity contribution < 1.29 is 13.2 Å². The monoisotopic (exact) mass is 442 g/mol. The molecule has 0 bridgehead atoms. The van der Waals surface area contributed by atoms with E-state index in [4.69, 9.17) is 0 Å². The molecule has 170 valence electrons. The number of halogens is 3. The van der Waals surface area contributed by atoms with Crippen molar-refractivity contribution in [1.82, 2.24) is 9.97 Å². The molecule has 4 nitrogen and oxygen atoms in total. The summed E-state index contributed by atoms with van der Waals surface area (Å²) in [5, 5.41) is 0. The number of aromatic nitrogens is 2. The SMILES string of the molecule is CCCc1ccc(N(C)c2nc(N(C)c3ccc(C(C)C)cc3)ncc2C(F)(F)F)cc1. The van der Waals surface area contributed by atoms with Crippen LogP contribution in [-0.4, -0.2) is 24.1 Å². The zero-order chi connectivity index (χ0) is 23.5. The predicted octanol–water partition coefficient (Wildman–Crippen LogP) is 7.11. The lowest BCUT2D eigenvalue weighted by Crippen LogP contribution is -2.21. The summed E-state index contributed by atoms with van der Waals surface area (Å²) in [6, 6.07) is 15.4. The van der Waals surface area contributed by atoms with E-state index < -0.39 is 11.7 Å². The number of nitrogens with zero attached hydrogens (tertiary/aromatic N) is 4. The normalized spacial score (nSPS) is 11.7. The number of alkyl halides is 3. The van der Waals surface area contributed by atoms with Gasteiger partial charge < -0.3 is 9.80 Å². The van der Waals surface area contributed by atoms with Gasteiger partial charge in [0.2, 0.25) is 5.95 Å². The minimum Gasteiger partial charge on any atom is -0.329 e. The van der Waals surface area contributed by atoms with Crippen LogP contribution in [0.2, 0.25) is 0 Å². The lowest BCUT2D eigenvalue weighted by atomic mass is 10.0. The molecule has 7 heteroatoms. The maximum Gasteiger partial charge on any atom is 0.421 e. The molecule has 0 unspecified atom stereocenters. The van der Waals surface area contributed by atoms with Gasteiger partial charge in [-0.05, 0) is 47.7 Å². The van der Waals surface area contributed by atoms with Crippen LogP contribution >= 0.6 is 0 Å². The Bertz CT molecular complexity index is 1030. The first-order chi connectivity index (χ1) is 15.1. The van der Waals surface area contributed by atoms with Crippen molar-refractivity contribution in [1.29, 1.82) is 0 Å². The Morgan fingerprint density at radius 3 is 1.97 bits per heavy atom. The van der Waals surface area contributed by atoms with Gasteiger partial charge in [-0.3, -0.25) is 0 Å². The minimum absolute atomic E-state index is 0.184. The first kappa shape index (κ1) is 23.6. The summed E-state index contributed by atoms with van der Waals surface area (Å²) in [5.41, 5.74) is 2.89. The van der Waals surface area contributed by atoms with Crippen LogP contribution in [0, 0.1) is 0 Å². The second kappa shape index (κ2) is 9.59. The number of aryl methyl sites for hydroxylation is 1. The molecule has 2 aromatic carbocycles. The van der Waals surface area contributed by atoms with Crippen LogP contribution in [0.4, 0.5) is 36.3 Å². The molecule has 1 heterocycles. The molecule has 0 aliphatic heterocycles. The van der Waals surface area contributed by atoms with Gasteiger partial charge in [0.1, 0.15) is 5.56 Å². The molecule has 0 saturated heterocycles. The van der Waals surface area contributed by atoms with E-state index in [0.29, 0.717) is 11.6 Å². The molecule has 3 rings (SSSR count). The summed E-state index contributed by atoms with van der Waals surface area (Å²) in [6.07, 6.45) is -1.77. The van der Waals surface area contributed by atoms with Crippen LogP contribution < -0.4 is 9.80 Å². The fourth-order valence-corrected chi connectivity index (χ4v) is 3.48. The number of rotatable bonds is 7. The molecule has 0 fully saturated rings. The first-order valence-electron chi connectivity index (χ1n) is 10.7. The van der Waals surface area contributed by atoms with Crippen LogP contribution in [0.5, 0.6) is 0 Å². The van der Waals surface area contributed by atoms with Crippen molar-refractivity contribution in [2.24, 2.45) is 0 Å². The predicted molar refractivity (Wildman–Crippen MR) is 124 cm³/mol. The molecule has 3 aromatic rings. The van der Waals surface area contributed by atoms with Crippen molar-refractivity contribution in [2.75, 3.05) is 23.9 Å². The van der Waals surface area contributed by atoms with E-state index in [9.17, 15) is 13.2 Å². The molecule has 0 saturated carbocycles. The third-order valence-corrected chi connectivity index (χ3v) is 5.49. The molecule has 0 atom stereocenters. The highest BCUT2D eigenvalue weighted by molar-refractivity contribution is 5.66. The maximum atomic E-state index is 13.7. The fourth-order valence-electron chi connectivity index (χ4n) is 3.48. The second-order valence-corrected chi connectivity index (χ2v) is 8.19. The average Bonchev–Trinajstić information content (AvgIpc) is 2.78. The summed E-state index contributed by atoms with van der Waals surface area (Å²) < 4.78 is 41.2. The molecular weight excluding hydrogens is 413 g/mol. The van der Waals surface area contributed by atoms with Gasteiger partial charge in [-0.1, -0.05) is 51.5 Å². The second-order valence-electron chi connectivity index (χ2n) is 8.19. The van der Waals surface area contributed by atoms with E-state index >= 15 is 0 Å². The van der Waals surface area contributed by atoms with E-state index in [0.717, 1.165) is 30.3 Å². The number of hydrogen-bond donors (Lipinski definition) is 0. The van der Waals surface area contributed by atoms with Gasteiger partial charge in [-0.25, -0.2) is 4.98 Å². The third-order valence-electron chi connectivity index (χ3n) is 5.49. The molecule has 0 aliphatic carbocycles. The van der Waals surface area contributed by atoms with Crippen molar-refractivity contribution in [3.8, 4) is 0 Å². The van der Waals surface area contributed by atoms with Crippen LogP contribution in [-0.2, 0) is 12.6 Å². The Morgan fingerprint density at radius 1 is 0.875 bits per heavy atom. The van der Waals surface area contributed by atoms with Crippen molar-refractivity contribution in [3.05, 3.63) is 71.4 Å². The molecular formula is C25H29F3N4. The van der Waals surface area contributed by atoms with E-state index in [1.165, 1.54) is 10.5 Å². The zero-order valence-electron chi connectivity index (χ0n) is 19.1. The Morgan fingerprint density at radius 2 is 1.44 bits per heavy atom. The van der Waals surface area contributed by atoms with E-state index in [2.05, 4.69) is 30.7 Å². The zero-order valence-corrected chi connectivity index (χ0v) is 19.1. The van der Waals surface area contributed by atoms with Crippen LogP contribution in [0.15, 0.2) is 54.7 Å². The lowest BCUT2D eigenvalue weighted by molar-refractivity contribution is -0.137. The van der Waals surface area contributed by atoms with E-state index in [1.54, 1.807) is 19.0 Å². The van der Waals surface area contributed by atoms with Crippen molar-refractivity contribution in [2.45, 2.75) is 45.7 Å². The van der Waals surface area contributed by atoms with Crippen LogP contribution in [0.1, 0.15) is 49.8 Å². The molecule has 0 spiro atoms. The number of anilines is 4. The Labute approximate surface area is 187 Å². The molecule has 0 amide bonds. The molecule has 0 radical (unpaired) electrons. The van der Waals surface area contributed by atoms with Crippen molar-refractivity contribution >= 4 is 23.1 Å². The first-order valence-corrected chi connectivity index (χ1v) is 10.7. The standard InChI is InChI=1S/C25H29F3N4/c1-6-7-18-8-12-20(13-9-18)31(4)23-22(25(26,27)28)16-29-24(30-23)32(5)21-14-10-19(11-15-21)17(2)3/h8-17H,6-7H2,1-5H3. The van der Waals surface area contributed by atoms with Crippen molar-refractivity contribution in [3.63, 3.8) is 0 Å². The third kappa shape index (κ3) is 5.21. The van der Waals surface area contributed by atoms with Crippen LogP contribution in [0.25, 0.3) is 0 Å². The Balaban J connectivity index is 1.99. The van der Waals surface area contributed by atoms with Gasteiger partial charge in [0.05, 0.1) is 0 Å². The molecule has 0 N–H and O–H groups in total. The highest BCUT2D eigenvalue weighted by Crippen LogP contribution is 2.38. The molecule has 32 heavy (non-hydrogen) atoms. The van der Waals surface area contributed by atoms with Gasteiger partial charge in [0.25, 0.3) is 0 Å². The summed E-state index contributed by atoms with van der Waals surface area (Å²) in [7, 11) is 3.34. The number of benzene rings is 2.